The maximum atomic E-state index is 10.9. The van der Waals surface area contributed by atoms with E-state index in [2.05, 4.69) is 18.7 Å². The highest BCUT2D eigenvalue weighted by atomic mass is 16.4. The van der Waals surface area contributed by atoms with Crippen LogP contribution in [-0.4, -0.2) is 28.6 Å². The van der Waals surface area contributed by atoms with Crippen LogP contribution in [0.5, 0.6) is 0 Å². The Morgan fingerprint density at radius 3 is 2.83 bits per heavy atom. The van der Waals surface area contributed by atoms with Gasteiger partial charge in [0.15, 0.2) is 0 Å². The van der Waals surface area contributed by atoms with E-state index in [0.717, 1.165) is 18.2 Å². The van der Waals surface area contributed by atoms with Crippen molar-refractivity contribution in [3.05, 3.63) is 23.2 Å². The van der Waals surface area contributed by atoms with Crippen LogP contribution in [0.1, 0.15) is 48.6 Å². The van der Waals surface area contributed by atoms with Crippen molar-refractivity contribution in [2.24, 2.45) is 5.92 Å². The smallest absolute Gasteiger partial charge is 0.372 e. The number of aromatic carboxylic acids is 1. The molecule has 4 heteroatoms. The number of aryl methyl sites for hydroxylation is 1. The van der Waals surface area contributed by atoms with E-state index >= 15 is 0 Å². The Hall–Kier alpha value is -1.29. The Morgan fingerprint density at radius 1 is 1.56 bits per heavy atom. The zero-order valence-electron chi connectivity index (χ0n) is 11.3. The Labute approximate surface area is 108 Å². The van der Waals surface area contributed by atoms with E-state index in [-0.39, 0.29) is 5.76 Å². The van der Waals surface area contributed by atoms with Crippen molar-refractivity contribution < 1.29 is 14.3 Å². The van der Waals surface area contributed by atoms with Gasteiger partial charge in [-0.1, -0.05) is 6.92 Å². The number of carboxylic acids is 1. The normalized spacial score (nSPS) is 25.3. The predicted octanol–water partition coefficient (Wildman–Crippen LogP) is 2.91. The number of likely N-dealkylation sites (tertiary alicyclic amines) is 1. The monoisotopic (exact) mass is 251 g/mol. The summed E-state index contributed by atoms with van der Waals surface area (Å²) in [6.07, 6.45) is 2.40. The number of piperidine rings is 1. The van der Waals surface area contributed by atoms with Crippen LogP contribution in [0.2, 0.25) is 0 Å². The second-order valence-electron chi connectivity index (χ2n) is 5.48. The van der Waals surface area contributed by atoms with Gasteiger partial charge in [0.25, 0.3) is 0 Å². The third-order valence-corrected chi connectivity index (χ3v) is 3.80. The van der Waals surface area contributed by atoms with Crippen LogP contribution in [0.15, 0.2) is 10.5 Å². The predicted molar refractivity (Wildman–Crippen MR) is 68.7 cm³/mol. The molecule has 100 valence electrons. The molecule has 0 bridgehead atoms. The minimum absolute atomic E-state index is 0.0723. The third kappa shape index (κ3) is 2.75. The summed E-state index contributed by atoms with van der Waals surface area (Å²) in [5.41, 5.74) is 0.704. The summed E-state index contributed by atoms with van der Waals surface area (Å²) in [7, 11) is 0. The molecule has 1 saturated heterocycles. The molecule has 0 radical (unpaired) electrons. The number of hydrogen-bond acceptors (Lipinski definition) is 3. The molecule has 0 aliphatic carbocycles. The average molecular weight is 251 g/mol. The van der Waals surface area contributed by atoms with Crippen LogP contribution in [0.3, 0.4) is 0 Å². The standard InChI is InChI=1S/C14H21NO3/c1-9-4-5-15(11(3)6-9)8-12-7-10(2)13(18-12)14(16)17/h7,9,11H,4-6,8H2,1-3H3,(H,16,17). The maximum absolute atomic E-state index is 10.9. The van der Waals surface area contributed by atoms with Gasteiger partial charge in [-0.3, -0.25) is 4.90 Å². The number of furan rings is 1. The number of hydrogen-bond donors (Lipinski definition) is 1. The molecule has 1 aliphatic rings. The van der Waals surface area contributed by atoms with E-state index < -0.39 is 5.97 Å². The topological polar surface area (TPSA) is 53.7 Å². The highest BCUT2D eigenvalue weighted by Crippen LogP contribution is 2.25. The SMILES string of the molecule is Cc1cc(CN2CCC(C)CC2C)oc1C(=O)O. The molecule has 0 spiro atoms. The molecule has 18 heavy (non-hydrogen) atoms. The summed E-state index contributed by atoms with van der Waals surface area (Å²) in [5.74, 6) is 0.623. The van der Waals surface area contributed by atoms with E-state index in [1.807, 2.05) is 6.07 Å². The fourth-order valence-electron chi connectivity index (χ4n) is 2.73. The molecule has 0 saturated carbocycles. The van der Waals surface area contributed by atoms with Gasteiger partial charge < -0.3 is 9.52 Å². The van der Waals surface area contributed by atoms with E-state index in [9.17, 15) is 4.79 Å². The quantitative estimate of drug-likeness (QED) is 0.897. The summed E-state index contributed by atoms with van der Waals surface area (Å²) in [6.45, 7) is 8.06. The second-order valence-corrected chi connectivity index (χ2v) is 5.48. The molecular weight excluding hydrogens is 230 g/mol. The number of nitrogens with zero attached hydrogens (tertiary/aromatic N) is 1. The summed E-state index contributed by atoms with van der Waals surface area (Å²) in [4.78, 5) is 13.3. The molecule has 1 aromatic heterocycles. The van der Waals surface area contributed by atoms with Crippen LogP contribution < -0.4 is 0 Å². The van der Waals surface area contributed by atoms with Gasteiger partial charge in [0, 0.05) is 11.6 Å². The van der Waals surface area contributed by atoms with Crippen LogP contribution in [0.25, 0.3) is 0 Å². The molecule has 1 aliphatic heterocycles. The van der Waals surface area contributed by atoms with E-state index in [1.165, 1.54) is 12.8 Å². The van der Waals surface area contributed by atoms with Crippen molar-refractivity contribution in [3.8, 4) is 0 Å². The van der Waals surface area contributed by atoms with Gasteiger partial charge in [0.1, 0.15) is 5.76 Å². The summed E-state index contributed by atoms with van der Waals surface area (Å²) >= 11 is 0. The maximum Gasteiger partial charge on any atom is 0.372 e. The molecule has 1 fully saturated rings. The van der Waals surface area contributed by atoms with E-state index in [0.29, 0.717) is 18.2 Å². The minimum atomic E-state index is -0.987. The van der Waals surface area contributed by atoms with Gasteiger partial charge in [-0.05, 0) is 45.2 Å². The number of rotatable bonds is 3. The lowest BCUT2D eigenvalue weighted by atomic mass is 9.93. The first-order valence-corrected chi connectivity index (χ1v) is 6.54. The molecule has 2 unspecified atom stereocenters. The first-order chi connectivity index (χ1) is 8.47. The largest absolute Gasteiger partial charge is 0.475 e. The Morgan fingerprint density at radius 2 is 2.28 bits per heavy atom. The van der Waals surface area contributed by atoms with E-state index in [1.54, 1.807) is 6.92 Å². The molecule has 1 N–H and O–H groups in total. The number of carboxylic acid groups (broad SMARTS) is 1. The molecule has 0 amide bonds. The van der Waals surface area contributed by atoms with E-state index in [4.69, 9.17) is 9.52 Å². The first kappa shape index (κ1) is 13.1. The molecule has 2 atom stereocenters. The van der Waals surface area contributed by atoms with Crippen LogP contribution >= 0.6 is 0 Å². The Bertz CT molecular complexity index is 438. The summed E-state index contributed by atoms with van der Waals surface area (Å²) in [6, 6.07) is 2.38. The zero-order chi connectivity index (χ0) is 13.3. The van der Waals surface area contributed by atoms with Crippen molar-refractivity contribution in [2.75, 3.05) is 6.54 Å². The summed E-state index contributed by atoms with van der Waals surface area (Å²) < 4.78 is 5.41. The lowest BCUT2D eigenvalue weighted by Crippen LogP contribution is -2.39. The fraction of sp³-hybridized carbons (Fsp3) is 0.643. The summed E-state index contributed by atoms with van der Waals surface area (Å²) in [5, 5.41) is 8.96. The highest BCUT2D eigenvalue weighted by molar-refractivity contribution is 5.86. The number of carbonyl (C=O) groups is 1. The van der Waals surface area contributed by atoms with Crippen LogP contribution in [0, 0.1) is 12.8 Å². The lowest BCUT2D eigenvalue weighted by molar-refractivity contribution is 0.0653. The van der Waals surface area contributed by atoms with Gasteiger partial charge in [-0.15, -0.1) is 0 Å². The first-order valence-electron chi connectivity index (χ1n) is 6.54. The molecule has 2 rings (SSSR count). The van der Waals surface area contributed by atoms with Crippen molar-refractivity contribution >= 4 is 5.97 Å². The van der Waals surface area contributed by atoms with Gasteiger partial charge in [0.05, 0.1) is 6.54 Å². The van der Waals surface area contributed by atoms with Crippen LogP contribution in [0.4, 0.5) is 0 Å². The van der Waals surface area contributed by atoms with Gasteiger partial charge in [-0.25, -0.2) is 4.79 Å². The van der Waals surface area contributed by atoms with Crippen molar-refractivity contribution in [3.63, 3.8) is 0 Å². The van der Waals surface area contributed by atoms with Gasteiger partial charge in [-0.2, -0.15) is 0 Å². The molecule has 0 aromatic carbocycles. The average Bonchev–Trinajstić information content (AvgIpc) is 2.64. The van der Waals surface area contributed by atoms with Gasteiger partial charge in [0.2, 0.25) is 5.76 Å². The Balaban J connectivity index is 2.05. The fourth-order valence-corrected chi connectivity index (χ4v) is 2.73. The minimum Gasteiger partial charge on any atom is -0.475 e. The molecule has 4 nitrogen and oxygen atoms in total. The lowest BCUT2D eigenvalue weighted by Gasteiger charge is -2.35. The van der Waals surface area contributed by atoms with Crippen molar-refractivity contribution in [1.82, 2.24) is 4.90 Å². The van der Waals surface area contributed by atoms with Crippen LogP contribution in [-0.2, 0) is 6.54 Å². The highest BCUT2D eigenvalue weighted by Gasteiger charge is 2.24. The van der Waals surface area contributed by atoms with Gasteiger partial charge >= 0.3 is 5.97 Å². The molecular formula is C14H21NO3. The molecule has 1 aromatic rings. The molecule has 2 heterocycles. The van der Waals surface area contributed by atoms with Crippen molar-refractivity contribution in [1.29, 1.82) is 0 Å². The zero-order valence-corrected chi connectivity index (χ0v) is 11.3. The Kier molecular flexibility index (Phi) is 3.76. The third-order valence-electron chi connectivity index (χ3n) is 3.80. The van der Waals surface area contributed by atoms with Crippen molar-refractivity contribution in [2.45, 2.75) is 46.2 Å². The second kappa shape index (κ2) is 5.14.